The number of fused-ring (bicyclic) bond motifs is 2. The van der Waals surface area contributed by atoms with Gasteiger partial charge in [0.15, 0.2) is 5.75 Å². The molecule has 2 aromatic carbocycles. The lowest BCUT2D eigenvalue weighted by Crippen LogP contribution is -2.58. The van der Waals surface area contributed by atoms with Crippen LogP contribution in [-0.4, -0.2) is 51.3 Å². The van der Waals surface area contributed by atoms with Crippen LogP contribution in [0.2, 0.25) is 5.02 Å². The highest BCUT2D eigenvalue weighted by Crippen LogP contribution is 2.55. The molecule has 0 saturated heterocycles. The van der Waals surface area contributed by atoms with Crippen molar-refractivity contribution >= 4 is 29.1 Å². The Hall–Kier alpha value is -4.05. The summed E-state index contributed by atoms with van der Waals surface area (Å²) in [4.78, 5) is 32.8. The molecule has 10 nitrogen and oxygen atoms in total. The third-order valence-electron chi connectivity index (χ3n) is 7.07. The lowest BCUT2D eigenvalue weighted by Gasteiger charge is -2.41. The van der Waals surface area contributed by atoms with E-state index in [9.17, 15) is 14.7 Å². The van der Waals surface area contributed by atoms with Gasteiger partial charge < -0.3 is 24.6 Å². The maximum atomic E-state index is 14.5. The Morgan fingerprint density at radius 1 is 1.19 bits per heavy atom. The van der Waals surface area contributed by atoms with Crippen LogP contribution in [0.4, 0.5) is 5.95 Å². The number of nitrogens with one attached hydrogen (secondary N) is 1. The summed E-state index contributed by atoms with van der Waals surface area (Å²) in [6.45, 7) is 1.79. The first-order chi connectivity index (χ1) is 17.3. The van der Waals surface area contributed by atoms with Gasteiger partial charge in [0.2, 0.25) is 23.1 Å². The number of nitrogens with zero attached hydrogens (tertiary/aromatic N) is 3. The van der Waals surface area contributed by atoms with E-state index in [1.807, 2.05) is 0 Å². The number of allylic oxidation sites excluding steroid dienone is 1. The second-order valence-corrected chi connectivity index (χ2v) is 9.32. The van der Waals surface area contributed by atoms with Crippen molar-refractivity contribution in [3.05, 3.63) is 64.1 Å². The minimum atomic E-state index is -1.86. The summed E-state index contributed by atoms with van der Waals surface area (Å²) in [5.74, 6) is -0.586. The molecule has 3 heterocycles. The number of phenols is 1. The molecule has 2 aliphatic heterocycles. The van der Waals surface area contributed by atoms with E-state index >= 15 is 0 Å². The highest BCUT2D eigenvalue weighted by molar-refractivity contribution is 6.36. The number of carbonyl (C=O) groups excluding carboxylic acids is 2. The number of hydrogen-bond acceptors (Lipinski definition) is 9. The predicted molar refractivity (Wildman–Crippen MR) is 128 cm³/mol. The van der Waals surface area contributed by atoms with Crippen LogP contribution in [0.25, 0.3) is 0 Å². The van der Waals surface area contributed by atoms with Gasteiger partial charge in [-0.25, -0.2) is 4.68 Å². The van der Waals surface area contributed by atoms with Gasteiger partial charge in [0.1, 0.15) is 40.2 Å². The quantitative estimate of drug-likeness (QED) is 0.511. The molecule has 3 aromatic rings. The SMILES string of the molecule is COc1cc(OC)c2c(c1Cl)O[C@@]1(C(=O)C3=C(C[C@H]1C)Nc1ncnn1[C@H]3c1cccc(O)c1)C2=O. The Kier molecular flexibility index (Phi) is 4.81. The smallest absolute Gasteiger partial charge is 0.236 e. The summed E-state index contributed by atoms with van der Waals surface area (Å²) in [7, 11) is 2.86. The Labute approximate surface area is 210 Å². The van der Waals surface area contributed by atoms with Crippen molar-refractivity contribution in [3.8, 4) is 23.0 Å². The molecule has 0 amide bonds. The number of aromatic nitrogens is 3. The monoisotopic (exact) mass is 508 g/mol. The number of ketones is 2. The van der Waals surface area contributed by atoms with Gasteiger partial charge in [-0.2, -0.15) is 10.1 Å². The number of phenolic OH excluding ortho intramolecular Hbond substituents is 1. The van der Waals surface area contributed by atoms with Crippen LogP contribution in [0.15, 0.2) is 47.9 Å². The van der Waals surface area contributed by atoms with Crippen molar-refractivity contribution in [3.63, 3.8) is 0 Å². The van der Waals surface area contributed by atoms with Crippen LogP contribution in [-0.2, 0) is 4.79 Å². The molecule has 3 aliphatic rings. The average molecular weight is 509 g/mol. The van der Waals surface area contributed by atoms with E-state index in [0.717, 1.165) is 0 Å². The van der Waals surface area contributed by atoms with Gasteiger partial charge in [0.05, 0.1) is 14.2 Å². The first kappa shape index (κ1) is 22.4. The third-order valence-corrected chi connectivity index (χ3v) is 7.43. The van der Waals surface area contributed by atoms with Crippen molar-refractivity contribution in [1.29, 1.82) is 0 Å². The summed E-state index contributed by atoms with van der Waals surface area (Å²) in [5, 5.41) is 17.8. The van der Waals surface area contributed by atoms with Crippen molar-refractivity contribution in [2.45, 2.75) is 25.0 Å². The fraction of sp³-hybridized carbons (Fsp3) is 0.280. The molecule has 3 atom stereocenters. The Morgan fingerprint density at radius 2 is 1.97 bits per heavy atom. The third kappa shape index (κ3) is 2.78. The highest BCUT2D eigenvalue weighted by Gasteiger charge is 2.63. The molecule has 1 spiro atoms. The fourth-order valence-electron chi connectivity index (χ4n) is 5.39. The van der Waals surface area contributed by atoms with Gasteiger partial charge in [-0.3, -0.25) is 9.59 Å². The molecule has 11 heteroatoms. The van der Waals surface area contributed by atoms with Crippen LogP contribution in [0.5, 0.6) is 23.0 Å². The Bertz CT molecular complexity index is 1500. The summed E-state index contributed by atoms with van der Waals surface area (Å²) >= 11 is 6.53. The number of methoxy groups -OCH3 is 2. The number of aromatic hydroxyl groups is 1. The molecule has 184 valence electrons. The van der Waals surface area contributed by atoms with Crippen molar-refractivity contribution in [2.24, 2.45) is 5.92 Å². The topological polar surface area (TPSA) is 125 Å². The van der Waals surface area contributed by atoms with Crippen LogP contribution in [0.3, 0.4) is 0 Å². The number of rotatable bonds is 3. The normalized spacial score (nSPS) is 24.1. The largest absolute Gasteiger partial charge is 0.508 e. The molecule has 0 bridgehead atoms. The lowest BCUT2D eigenvalue weighted by molar-refractivity contribution is -0.130. The van der Waals surface area contributed by atoms with Gasteiger partial charge in [-0.05, 0) is 24.1 Å². The number of Topliss-reactive ketones (excluding diaryl/α,β-unsaturated/α-hetero) is 2. The molecule has 0 fully saturated rings. The molecule has 6 rings (SSSR count). The predicted octanol–water partition coefficient (Wildman–Crippen LogP) is 3.55. The zero-order chi connectivity index (χ0) is 25.4. The molecular formula is C25H21ClN4O6. The van der Waals surface area contributed by atoms with E-state index in [2.05, 4.69) is 15.4 Å². The maximum Gasteiger partial charge on any atom is 0.236 e. The molecule has 0 unspecified atom stereocenters. The average Bonchev–Trinajstić information content (AvgIpc) is 3.45. The van der Waals surface area contributed by atoms with E-state index in [1.165, 1.54) is 32.7 Å². The van der Waals surface area contributed by atoms with E-state index < -0.39 is 29.1 Å². The zero-order valence-corrected chi connectivity index (χ0v) is 20.3. The first-order valence-electron chi connectivity index (χ1n) is 11.2. The fourth-order valence-corrected chi connectivity index (χ4v) is 5.66. The second-order valence-electron chi connectivity index (χ2n) is 8.94. The van der Waals surface area contributed by atoms with Crippen LogP contribution < -0.4 is 19.5 Å². The summed E-state index contributed by atoms with van der Waals surface area (Å²) in [6.07, 6.45) is 1.70. The van der Waals surface area contributed by atoms with E-state index in [0.29, 0.717) is 29.2 Å². The minimum Gasteiger partial charge on any atom is -0.508 e. The number of carbonyl (C=O) groups is 2. The molecule has 1 aromatic heterocycles. The summed E-state index contributed by atoms with van der Waals surface area (Å²) in [6, 6.07) is 7.32. The molecule has 0 radical (unpaired) electrons. The van der Waals surface area contributed by atoms with Crippen LogP contribution in [0, 0.1) is 5.92 Å². The number of ether oxygens (including phenoxy) is 3. The number of halogens is 1. The highest BCUT2D eigenvalue weighted by atomic mass is 35.5. The van der Waals surface area contributed by atoms with Crippen molar-refractivity contribution in [1.82, 2.24) is 14.8 Å². The van der Waals surface area contributed by atoms with Crippen LogP contribution in [0.1, 0.15) is 35.3 Å². The van der Waals surface area contributed by atoms with Crippen molar-refractivity contribution in [2.75, 3.05) is 19.5 Å². The minimum absolute atomic E-state index is 0.0328. The maximum absolute atomic E-state index is 14.5. The number of anilines is 1. The van der Waals surface area contributed by atoms with E-state index in [-0.39, 0.29) is 33.6 Å². The molecular weight excluding hydrogens is 488 g/mol. The van der Waals surface area contributed by atoms with E-state index in [4.69, 9.17) is 25.8 Å². The molecule has 0 saturated carbocycles. The van der Waals surface area contributed by atoms with Gasteiger partial charge in [-0.15, -0.1) is 0 Å². The van der Waals surface area contributed by atoms with Gasteiger partial charge in [0.25, 0.3) is 0 Å². The molecule has 36 heavy (non-hydrogen) atoms. The number of benzene rings is 2. The second kappa shape index (κ2) is 7.72. The first-order valence-corrected chi connectivity index (χ1v) is 11.6. The molecule has 1 aliphatic carbocycles. The number of hydrogen-bond donors (Lipinski definition) is 2. The summed E-state index contributed by atoms with van der Waals surface area (Å²) < 4.78 is 18.6. The Morgan fingerprint density at radius 3 is 2.69 bits per heavy atom. The van der Waals surface area contributed by atoms with E-state index in [1.54, 1.807) is 29.8 Å². The van der Waals surface area contributed by atoms with Crippen LogP contribution >= 0.6 is 11.6 Å². The van der Waals surface area contributed by atoms with Gasteiger partial charge in [-0.1, -0.05) is 30.7 Å². The Balaban J connectivity index is 1.55. The standard InChI is InChI=1S/C25H21ClN4O6/c1-11-7-14-17(20(12-5-4-6-13(31)8-12)30-24(29-14)27-10-28-30)22(32)25(11)23(33)18-15(34-2)9-16(35-3)19(26)21(18)36-25/h4-6,8-11,20,31H,7H2,1-3H3,(H,27,28,29)/t11-,20+,25+/m1/s1. The molecule has 2 N–H and O–H groups in total. The van der Waals surface area contributed by atoms with Crippen molar-refractivity contribution < 1.29 is 28.9 Å². The lowest BCUT2D eigenvalue weighted by atomic mass is 9.69. The van der Waals surface area contributed by atoms with Gasteiger partial charge >= 0.3 is 0 Å². The van der Waals surface area contributed by atoms with Gasteiger partial charge in [0, 0.05) is 23.3 Å². The summed E-state index contributed by atoms with van der Waals surface area (Å²) in [5.41, 5.74) is -0.227. The zero-order valence-electron chi connectivity index (χ0n) is 19.5.